The smallest absolute Gasteiger partial charge is 0.222 e. The molecule has 1 amide bonds. The van der Waals surface area contributed by atoms with E-state index in [-0.39, 0.29) is 11.8 Å². The van der Waals surface area contributed by atoms with Gasteiger partial charge < -0.3 is 10.6 Å². The van der Waals surface area contributed by atoms with Crippen molar-refractivity contribution in [3.63, 3.8) is 0 Å². The number of hydrogen-bond donors (Lipinski definition) is 1. The highest BCUT2D eigenvalue weighted by molar-refractivity contribution is 7.98. The van der Waals surface area contributed by atoms with Crippen LogP contribution in [0.5, 0.6) is 0 Å². The fourth-order valence-corrected chi connectivity index (χ4v) is 3.29. The van der Waals surface area contributed by atoms with Crippen LogP contribution in [0, 0.1) is 17.2 Å². The van der Waals surface area contributed by atoms with Gasteiger partial charge in [-0.2, -0.15) is 5.26 Å². The Kier molecular flexibility index (Phi) is 4.56. The number of anilines is 1. The molecule has 5 heteroatoms. The van der Waals surface area contributed by atoms with E-state index < -0.39 is 0 Å². The van der Waals surface area contributed by atoms with Crippen molar-refractivity contribution in [1.82, 2.24) is 0 Å². The highest BCUT2D eigenvalue weighted by Crippen LogP contribution is 2.34. The Bertz CT molecular complexity index is 553. The molecule has 1 aromatic carbocycles. The Hall–Kier alpha value is -1.67. The minimum Gasteiger partial charge on any atom is -0.369 e. The molecule has 1 aliphatic heterocycles. The number of nitriles is 1. The zero-order chi connectivity index (χ0) is 14.7. The summed E-state index contributed by atoms with van der Waals surface area (Å²) in [5.74, 6) is -0.378. The summed E-state index contributed by atoms with van der Waals surface area (Å²) in [5.41, 5.74) is 7.05. The summed E-state index contributed by atoms with van der Waals surface area (Å²) in [4.78, 5) is 14.6. The molecular formula is C15H19N3OS. The monoisotopic (exact) mass is 289 g/mol. The average molecular weight is 289 g/mol. The molecular weight excluding hydrogens is 270 g/mol. The summed E-state index contributed by atoms with van der Waals surface area (Å²) < 4.78 is 0. The van der Waals surface area contributed by atoms with E-state index in [2.05, 4.69) is 17.9 Å². The fourth-order valence-electron chi connectivity index (χ4n) is 2.72. The molecule has 2 atom stereocenters. The van der Waals surface area contributed by atoms with Crippen LogP contribution in [-0.2, 0) is 4.79 Å². The molecule has 1 aromatic rings. The van der Waals surface area contributed by atoms with Gasteiger partial charge in [-0.3, -0.25) is 4.79 Å². The lowest BCUT2D eigenvalue weighted by molar-refractivity contribution is -0.122. The van der Waals surface area contributed by atoms with E-state index in [1.54, 1.807) is 11.8 Å². The Labute approximate surface area is 123 Å². The first-order valence-electron chi connectivity index (χ1n) is 6.71. The maximum absolute atomic E-state index is 11.4. The summed E-state index contributed by atoms with van der Waals surface area (Å²) in [5, 5.41) is 9.44. The van der Waals surface area contributed by atoms with Gasteiger partial charge in [0.25, 0.3) is 0 Å². The van der Waals surface area contributed by atoms with Gasteiger partial charge in [0.05, 0.1) is 17.2 Å². The average Bonchev–Trinajstić information content (AvgIpc) is 2.46. The Morgan fingerprint density at radius 1 is 1.50 bits per heavy atom. The largest absolute Gasteiger partial charge is 0.369 e. The van der Waals surface area contributed by atoms with Crippen molar-refractivity contribution >= 4 is 23.4 Å². The predicted octanol–water partition coefficient (Wildman–Crippen LogP) is 2.37. The molecule has 0 radical (unpaired) electrons. The summed E-state index contributed by atoms with van der Waals surface area (Å²) in [7, 11) is 0. The summed E-state index contributed by atoms with van der Waals surface area (Å²) in [6.45, 7) is 2.73. The molecule has 2 unspecified atom stereocenters. The number of nitrogens with zero attached hydrogens (tertiary/aromatic N) is 2. The predicted molar refractivity (Wildman–Crippen MR) is 81.7 cm³/mol. The molecule has 0 spiro atoms. The standard InChI is InChI=1S/C15H19N3OS/c1-10-6-7-11(15(17)19)9-18(10)13-4-3-5-14(20-2)12(13)8-16/h3-5,10-11H,6-7,9H2,1-2H3,(H2,17,19). The fraction of sp³-hybridized carbons (Fsp3) is 0.467. The molecule has 2 N–H and O–H groups in total. The first-order chi connectivity index (χ1) is 9.58. The van der Waals surface area contributed by atoms with Gasteiger partial charge >= 0.3 is 0 Å². The van der Waals surface area contributed by atoms with Crippen LogP contribution in [0.15, 0.2) is 23.1 Å². The molecule has 106 valence electrons. The first kappa shape index (κ1) is 14.7. The van der Waals surface area contributed by atoms with Crippen molar-refractivity contribution in [2.45, 2.75) is 30.7 Å². The molecule has 0 aliphatic carbocycles. The van der Waals surface area contributed by atoms with Crippen molar-refractivity contribution in [2.75, 3.05) is 17.7 Å². The molecule has 1 heterocycles. The van der Waals surface area contributed by atoms with E-state index >= 15 is 0 Å². The molecule has 2 rings (SSSR count). The Morgan fingerprint density at radius 2 is 2.25 bits per heavy atom. The van der Waals surface area contributed by atoms with Crippen LogP contribution in [-0.4, -0.2) is 24.7 Å². The number of thioether (sulfide) groups is 1. The summed E-state index contributed by atoms with van der Waals surface area (Å²) >= 11 is 1.57. The number of amides is 1. The number of nitrogens with two attached hydrogens (primary N) is 1. The van der Waals surface area contributed by atoms with Gasteiger partial charge in [-0.1, -0.05) is 6.07 Å². The van der Waals surface area contributed by atoms with Crippen molar-refractivity contribution in [1.29, 1.82) is 5.26 Å². The molecule has 0 bridgehead atoms. The van der Waals surface area contributed by atoms with Crippen LogP contribution in [0.25, 0.3) is 0 Å². The number of primary amides is 1. The number of hydrogen-bond acceptors (Lipinski definition) is 4. The molecule has 1 fully saturated rings. The highest BCUT2D eigenvalue weighted by Gasteiger charge is 2.30. The second kappa shape index (κ2) is 6.19. The number of piperidine rings is 1. The quantitative estimate of drug-likeness (QED) is 0.867. The van der Waals surface area contributed by atoms with E-state index in [4.69, 9.17) is 5.73 Å². The van der Waals surface area contributed by atoms with Crippen molar-refractivity contribution < 1.29 is 4.79 Å². The van der Waals surface area contributed by atoms with E-state index in [1.807, 2.05) is 24.5 Å². The zero-order valence-corrected chi connectivity index (χ0v) is 12.6. The maximum atomic E-state index is 11.4. The SMILES string of the molecule is CSc1cccc(N2CC(C(N)=O)CCC2C)c1C#N. The second-order valence-electron chi connectivity index (χ2n) is 5.14. The number of carbonyl (C=O) groups is 1. The Balaban J connectivity index is 2.39. The third-order valence-corrected chi connectivity index (χ3v) is 4.71. The first-order valence-corrected chi connectivity index (χ1v) is 7.94. The van der Waals surface area contributed by atoms with Crippen LogP contribution in [0.1, 0.15) is 25.3 Å². The van der Waals surface area contributed by atoms with E-state index in [0.29, 0.717) is 18.2 Å². The van der Waals surface area contributed by atoms with E-state index in [0.717, 1.165) is 23.4 Å². The van der Waals surface area contributed by atoms with Gasteiger partial charge in [-0.25, -0.2) is 0 Å². The minimum atomic E-state index is -0.249. The molecule has 1 saturated heterocycles. The van der Waals surface area contributed by atoms with Crippen LogP contribution in [0.3, 0.4) is 0 Å². The lowest BCUT2D eigenvalue weighted by Crippen LogP contribution is -2.46. The van der Waals surface area contributed by atoms with Crippen molar-refractivity contribution in [3.8, 4) is 6.07 Å². The van der Waals surface area contributed by atoms with Crippen LogP contribution < -0.4 is 10.6 Å². The second-order valence-corrected chi connectivity index (χ2v) is 5.99. The van der Waals surface area contributed by atoms with Crippen LogP contribution >= 0.6 is 11.8 Å². The van der Waals surface area contributed by atoms with Gasteiger partial charge in [0.15, 0.2) is 0 Å². The minimum absolute atomic E-state index is 0.129. The van der Waals surface area contributed by atoms with Gasteiger partial charge in [-0.05, 0) is 38.2 Å². The van der Waals surface area contributed by atoms with E-state index in [9.17, 15) is 10.1 Å². The van der Waals surface area contributed by atoms with Gasteiger partial charge in [0, 0.05) is 17.5 Å². The number of carbonyl (C=O) groups excluding carboxylic acids is 1. The zero-order valence-electron chi connectivity index (χ0n) is 11.8. The number of rotatable bonds is 3. The van der Waals surface area contributed by atoms with Crippen molar-refractivity contribution in [3.05, 3.63) is 23.8 Å². The molecule has 0 aromatic heterocycles. The molecule has 0 saturated carbocycles. The topological polar surface area (TPSA) is 70.1 Å². The van der Waals surface area contributed by atoms with E-state index in [1.165, 1.54) is 0 Å². The van der Waals surface area contributed by atoms with Gasteiger partial charge in [-0.15, -0.1) is 11.8 Å². The highest BCUT2D eigenvalue weighted by atomic mass is 32.2. The Morgan fingerprint density at radius 3 is 2.85 bits per heavy atom. The third kappa shape index (κ3) is 2.75. The normalized spacial score (nSPS) is 22.4. The van der Waals surface area contributed by atoms with Crippen LogP contribution in [0.2, 0.25) is 0 Å². The van der Waals surface area contributed by atoms with Crippen molar-refractivity contribution in [2.24, 2.45) is 11.7 Å². The molecule has 4 nitrogen and oxygen atoms in total. The summed E-state index contributed by atoms with van der Waals surface area (Å²) in [6.07, 6.45) is 3.71. The molecule has 20 heavy (non-hydrogen) atoms. The van der Waals surface area contributed by atoms with Crippen LogP contribution in [0.4, 0.5) is 5.69 Å². The lowest BCUT2D eigenvalue weighted by Gasteiger charge is -2.39. The molecule has 1 aliphatic rings. The van der Waals surface area contributed by atoms with Gasteiger partial charge in [0.1, 0.15) is 6.07 Å². The summed E-state index contributed by atoms with van der Waals surface area (Å²) in [6, 6.07) is 8.48. The maximum Gasteiger partial charge on any atom is 0.222 e. The lowest BCUT2D eigenvalue weighted by atomic mass is 9.92. The van der Waals surface area contributed by atoms with Gasteiger partial charge in [0.2, 0.25) is 5.91 Å². The third-order valence-electron chi connectivity index (χ3n) is 3.93. The number of benzene rings is 1.